The molecule has 0 aromatic heterocycles. The van der Waals surface area contributed by atoms with Crippen LogP contribution in [0.4, 0.5) is 0 Å². The highest BCUT2D eigenvalue weighted by Gasteiger charge is 2.55. The van der Waals surface area contributed by atoms with E-state index in [1.165, 1.54) is 18.2 Å². The molecule has 1 heterocycles. The fourth-order valence-electron chi connectivity index (χ4n) is 6.48. The van der Waals surface area contributed by atoms with Crippen LogP contribution >= 0.6 is 0 Å². The second kappa shape index (κ2) is 8.76. The Morgan fingerprint density at radius 3 is 2.63 bits per heavy atom. The highest BCUT2D eigenvalue weighted by Crippen LogP contribution is 2.51. The van der Waals surface area contributed by atoms with Gasteiger partial charge in [0.2, 0.25) is 0 Å². The number of fused-ring (bicyclic) bond motifs is 2. The number of aromatic hydroxyl groups is 1. The summed E-state index contributed by atoms with van der Waals surface area (Å²) in [5.74, 6) is -2.09. The largest absolute Gasteiger partial charge is 0.507 e. The number of hydrogen-bond donors (Lipinski definition) is 5. The highest BCUT2D eigenvalue weighted by atomic mass is 16.7. The van der Waals surface area contributed by atoms with E-state index >= 15 is 0 Å². The summed E-state index contributed by atoms with van der Waals surface area (Å²) in [6, 6.07) is 3.82. The normalized spacial score (nSPS) is 41.3. The summed E-state index contributed by atoms with van der Waals surface area (Å²) in [5.41, 5.74) is 5.29. The predicted molar refractivity (Wildman–Crippen MR) is 124 cm³/mol. The molecule has 190 valence electrons. The van der Waals surface area contributed by atoms with Crippen molar-refractivity contribution in [2.75, 3.05) is 0 Å². The van der Waals surface area contributed by atoms with Crippen LogP contribution < -0.4 is 5.73 Å². The van der Waals surface area contributed by atoms with E-state index in [4.69, 9.17) is 15.2 Å². The minimum atomic E-state index is -1.31. The summed E-state index contributed by atoms with van der Waals surface area (Å²) < 4.78 is 12.1. The molecule has 0 bridgehead atoms. The lowest BCUT2D eigenvalue weighted by Crippen LogP contribution is -2.57. The summed E-state index contributed by atoms with van der Waals surface area (Å²) in [6.45, 7) is 3.58. The molecule has 0 radical (unpaired) electrons. The lowest BCUT2D eigenvalue weighted by atomic mass is 9.59. The molecule has 9 heteroatoms. The Morgan fingerprint density at radius 1 is 1.20 bits per heavy atom. The van der Waals surface area contributed by atoms with Crippen LogP contribution in [-0.2, 0) is 9.47 Å². The third kappa shape index (κ3) is 3.94. The van der Waals surface area contributed by atoms with Crippen LogP contribution in [0.3, 0.4) is 0 Å². The zero-order chi connectivity index (χ0) is 25.2. The third-order valence-electron chi connectivity index (χ3n) is 8.42. The van der Waals surface area contributed by atoms with E-state index in [9.17, 15) is 30.0 Å². The van der Waals surface area contributed by atoms with Crippen LogP contribution in [0.1, 0.15) is 66.7 Å². The maximum atomic E-state index is 13.4. The van der Waals surface area contributed by atoms with E-state index in [1.807, 2.05) is 6.92 Å². The number of phenols is 1. The first kappa shape index (κ1) is 24.5. The lowest BCUT2D eigenvalue weighted by Gasteiger charge is -2.51. The van der Waals surface area contributed by atoms with Gasteiger partial charge in [0.1, 0.15) is 5.75 Å². The highest BCUT2D eigenvalue weighted by molar-refractivity contribution is 6.28. The average Bonchev–Trinajstić information content (AvgIpc) is 2.80. The van der Waals surface area contributed by atoms with Gasteiger partial charge < -0.3 is 35.6 Å². The first-order chi connectivity index (χ1) is 16.5. The molecule has 9 nitrogen and oxygen atoms in total. The Hall–Kier alpha value is -2.14. The second-order valence-corrected chi connectivity index (χ2v) is 10.6. The number of benzene rings is 1. The van der Waals surface area contributed by atoms with Gasteiger partial charge in [-0.3, -0.25) is 9.59 Å². The number of carbonyl (C=O) groups excluding carboxylic acids is 2. The fraction of sp³-hybridized carbons (Fsp3) is 0.615. The van der Waals surface area contributed by atoms with Crippen molar-refractivity contribution in [3.63, 3.8) is 0 Å². The van der Waals surface area contributed by atoms with Crippen molar-refractivity contribution >= 4 is 11.6 Å². The van der Waals surface area contributed by atoms with Crippen molar-refractivity contribution in [1.82, 2.24) is 0 Å². The molecule has 1 aromatic carbocycles. The summed E-state index contributed by atoms with van der Waals surface area (Å²) in [6.07, 6.45) is -2.59. The fourth-order valence-corrected chi connectivity index (χ4v) is 6.48. The molecule has 2 fully saturated rings. The van der Waals surface area contributed by atoms with E-state index in [-0.39, 0.29) is 59.0 Å². The Morgan fingerprint density at radius 2 is 1.94 bits per heavy atom. The van der Waals surface area contributed by atoms with Crippen molar-refractivity contribution < 1.29 is 39.5 Å². The van der Waals surface area contributed by atoms with Crippen LogP contribution in [0.5, 0.6) is 5.75 Å². The first-order valence-electron chi connectivity index (χ1n) is 12.3. The first-order valence-corrected chi connectivity index (χ1v) is 12.3. The van der Waals surface area contributed by atoms with E-state index in [0.717, 1.165) is 0 Å². The van der Waals surface area contributed by atoms with Gasteiger partial charge in [0.05, 0.1) is 35.6 Å². The Kier molecular flexibility index (Phi) is 6.14. The molecule has 9 atom stereocenters. The van der Waals surface area contributed by atoms with Gasteiger partial charge in [-0.1, -0.05) is 19.1 Å². The number of phenolic OH excluding ortho intramolecular Hbond substituents is 1. The number of ketones is 2. The molecular formula is C26H33NO8. The number of aliphatic hydroxyl groups excluding tert-OH is 2. The van der Waals surface area contributed by atoms with Gasteiger partial charge in [-0.25, -0.2) is 0 Å². The summed E-state index contributed by atoms with van der Waals surface area (Å²) >= 11 is 0. The molecule has 1 saturated heterocycles. The Bertz CT molecular complexity index is 1070. The molecule has 1 saturated carbocycles. The number of allylic oxidation sites excluding steroid dienone is 1. The van der Waals surface area contributed by atoms with Gasteiger partial charge in [0, 0.05) is 41.5 Å². The number of ether oxygens (including phenoxy) is 2. The lowest BCUT2D eigenvalue weighted by molar-refractivity contribution is -0.266. The Balaban J connectivity index is 1.50. The van der Waals surface area contributed by atoms with Crippen molar-refractivity contribution in [3.05, 3.63) is 40.5 Å². The van der Waals surface area contributed by atoms with E-state index in [0.29, 0.717) is 12.8 Å². The molecule has 1 aliphatic heterocycles. The van der Waals surface area contributed by atoms with Gasteiger partial charge in [-0.05, 0) is 38.2 Å². The van der Waals surface area contributed by atoms with Crippen LogP contribution in [0, 0.1) is 11.8 Å². The van der Waals surface area contributed by atoms with Gasteiger partial charge in [-0.2, -0.15) is 0 Å². The Labute approximate surface area is 203 Å². The minimum absolute atomic E-state index is 0.00541. The number of nitrogens with two attached hydrogens (primary N) is 1. The van der Waals surface area contributed by atoms with Crippen molar-refractivity contribution in [2.24, 2.45) is 17.6 Å². The SMILES string of the molecule is CC[C@]1(O)CC2CC3=C(C(=O)c4c(O)cccc4C3=O)C(O)C2[C@@H](OC2CC(N)C(O)C(C)O2)C1. The number of rotatable bonds is 3. The molecule has 5 rings (SSSR count). The number of Topliss-reactive ketones (excluding diaryl/α,β-unsaturated/α-hetero) is 2. The molecule has 4 aliphatic rings. The van der Waals surface area contributed by atoms with E-state index < -0.39 is 54.0 Å². The molecular weight excluding hydrogens is 454 g/mol. The van der Waals surface area contributed by atoms with Crippen LogP contribution in [0.25, 0.3) is 0 Å². The van der Waals surface area contributed by atoms with Gasteiger partial charge in [0.15, 0.2) is 17.9 Å². The van der Waals surface area contributed by atoms with Crippen LogP contribution in [0.2, 0.25) is 0 Å². The summed E-state index contributed by atoms with van der Waals surface area (Å²) in [4.78, 5) is 26.7. The third-order valence-corrected chi connectivity index (χ3v) is 8.42. The van der Waals surface area contributed by atoms with E-state index in [2.05, 4.69) is 0 Å². The molecule has 3 aliphatic carbocycles. The van der Waals surface area contributed by atoms with Gasteiger partial charge in [-0.15, -0.1) is 0 Å². The number of carbonyl (C=O) groups is 2. The molecule has 1 aromatic rings. The molecule has 7 unspecified atom stereocenters. The predicted octanol–water partition coefficient (Wildman–Crippen LogP) is 1.21. The van der Waals surface area contributed by atoms with Crippen LogP contribution in [-0.4, -0.2) is 74.3 Å². The standard InChI is InChI=1S/C26H33NO8/c1-3-26(33)9-12-7-14-21(25(32)20-13(23(14)30)5-4-6-16(20)28)24(31)19(12)17(10-26)35-18-8-15(27)22(29)11(2)34-18/h4-6,11-12,15,17-19,22,24,28-29,31,33H,3,7-10,27H2,1-2H3/t11?,12?,15?,17-,18?,19?,22?,24?,26-/m0/s1. The summed E-state index contributed by atoms with van der Waals surface area (Å²) in [5, 5.41) is 43.2. The smallest absolute Gasteiger partial charge is 0.196 e. The molecule has 35 heavy (non-hydrogen) atoms. The summed E-state index contributed by atoms with van der Waals surface area (Å²) in [7, 11) is 0. The zero-order valence-corrected chi connectivity index (χ0v) is 19.9. The van der Waals surface area contributed by atoms with Crippen molar-refractivity contribution in [3.8, 4) is 5.75 Å². The minimum Gasteiger partial charge on any atom is -0.507 e. The quantitative estimate of drug-likeness (QED) is 0.422. The zero-order valence-electron chi connectivity index (χ0n) is 19.9. The number of aliphatic hydroxyl groups is 3. The van der Waals surface area contributed by atoms with Crippen molar-refractivity contribution in [1.29, 1.82) is 0 Å². The number of hydrogen-bond acceptors (Lipinski definition) is 9. The molecule has 0 amide bonds. The maximum absolute atomic E-state index is 13.4. The van der Waals surface area contributed by atoms with E-state index in [1.54, 1.807) is 6.92 Å². The van der Waals surface area contributed by atoms with Gasteiger partial charge in [0.25, 0.3) is 0 Å². The molecule has 6 N–H and O–H groups in total. The molecule has 0 spiro atoms. The van der Waals surface area contributed by atoms with Gasteiger partial charge >= 0.3 is 0 Å². The second-order valence-electron chi connectivity index (χ2n) is 10.6. The topological polar surface area (TPSA) is 160 Å². The monoisotopic (exact) mass is 487 g/mol. The maximum Gasteiger partial charge on any atom is 0.196 e. The van der Waals surface area contributed by atoms with Crippen LogP contribution in [0.15, 0.2) is 29.3 Å². The average molecular weight is 488 g/mol. The van der Waals surface area contributed by atoms with Crippen molar-refractivity contribution in [2.45, 2.75) is 88.3 Å².